The second kappa shape index (κ2) is 108. The number of ether oxygens (including phenoxy) is 2. The van der Waals surface area contributed by atoms with E-state index in [1.54, 1.807) is 0 Å². The molecular weight excluding hydrogens is 1710 g/mol. The summed E-state index contributed by atoms with van der Waals surface area (Å²) in [5, 5.41) is 0. The Bertz CT molecular complexity index is 3020. The number of pyridine rings is 3. The molecule has 3 heterocycles. The van der Waals surface area contributed by atoms with Gasteiger partial charge in [-0.1, -0.05) is 516 Å². The first-order chi connectivity index (χ1) is 65.5. The maximum absolute atomic E-state index is 6.51. The Kier molecular flexibility index (Phi) is 117. The van der Waals surface area contributed by atoms with E-state index in [1.807, 2.05) is 77.5 Å². The van der Waals surface area contributed by atoms with E-state index in [-0.39, 0.29) is 0 Å². The summed E-state index contributed by atoms with van der Waals surface area (Å²) in [4.78, 5) is 12.2. The van der Waals surface area contributed by atoms with Crippen LogP contribution in [0.25, 0.3) is 0 Å². The Morgan fingerprint density at radius 1 is 0.290 bits per heavy atom. The maximum atomic E-state index is 6.51. The number of hydrogen-bond acceptors (Lipinski definition) is 6. The Labute approximate surface area is 872 Å². The lowest BCUT2D eigenvalue weighted by Crippen LogP contribution is -2.44. The van der Waals surface area contributed by atoms with Crippen LogP contribution in [-0.4, -0.2) is 58.0 Å². The lowest BCUT2D eigenvalue weighted by molar-refractivity contribution is 0.0457. The van der Waals surface area contributed by atoms with Gasteiger partial charge in [-0.25, -0.2) is 0 Å². The number of benzene rings is 2. The van der Waals surface area contributed by atoms with Gasteiger partial charge in [0.25, 0.3) is 0 Å². The highest BCUT2D eigenvalue weighted by molar-refractivity contribution is 6.84. The van der Waals surface area contributed by atoms with Crippen LogP contribution in [0.15, 0.2) is 104 Å². The van der Waals surface area contributed by atoms with Crippen molar-refractivity contribution in [2.75, 3.05) is 26.4 Å². The predicted octanol–water partition coefficient (Wildman–Crippen LogP) is 44.7. The summed E-state index contributed by atoms with van der Waals surface area (Å²) < 4.78 is 17.2. The molecule has 8 heteroatoms. The summed E-state index contributed by atoms with van der Waals surface area (Å²) in [6, 6.07) is 31.4. The van der Waals surface area contributed by atoms with E-state index in [2.05, 4.69) is 328 Å². The van der Waals surface area contributed by atoms with Gasteiger partial charge in [0.2, 0.25) is 0 Å². The summed E-state index contributed by atoms with van der Waals surface area (Å²) in [5.74, 6) is 12.0. The first-order valence-corrected chi connectivity index (χ1v) is 64.9. The Morgan fingerprint density at radius 2 is 0.616 bits per heavy atom. The van der Waals surface area contributed by atoms with Gasteiger partial charge in [0.15, 0.2) is 16.6 Å². The van der Waals surface area contributed by atoms with Gasteiger partial charge in [-0.2, -0.15) is 0 Å². The fourth-order valence-corrected chi connectivity index (χ4v) is 24.9. The topological polar surface area (TPSA) is 66.4 Å². The van der Waals surface area contributed by atoms with E-state index in [1.165, 1.54) is 329 Å². The van der Waals surface area contributed by atoms with Crippen molar-refractivity contribution in [1.29, 1.82) is 0 Å². The molecule has 138 heavy (non-hydrogen) atoms. The molecule has 0 bridgehead atoms. The smallest absolute Gasteiger partial charge is 0.173 e. The number of rotatable bonds is 57. The number of hydrogen-bond donors (Lipinski definition) is 0. The maximum Gasteiger partial charge on any atom is 0.173 e. The second-order valence-corrected chi connectivity index (χ2v) is 53.1. The van der Waals surface area contributed by atoms with Gasteiger partial charge >= 0.3 is 0 Å². The van der Waals surface area contributed by atoms with Crippen LogP contribution < -0.4 is 0 Å². The minimum absolute atomic E-state index is 0.601. The van der Waals surface area contributed by atoms with Gasteiger partial charge in [-0.05, 0) is 244 Å². The number of aromatic nitrogens is 3. The van der Waals surface area contributed by atoms with Crippen molar-refractivity contribution < 1.29 is 13.6 Å². The average Bonchev–Trinajstić information content (AvgIpc) is 0.868. The van der Waals surface area contributed by atoms with Crippen molar-refractivity contribution >= 4 is 16.6 Å². The number of nitrogens with zero attached hydrogens (tertiary/aromatic N) is 3. The second-order valence-electron chi connectivity index (χ2n) is 44.3. The fraction of sp³-hybridized carbons (Fsp3) is 0.777. The van der Waals surface area contributed by atoms with Gasteiger partial charge in [-0.15, -0.1) is 0 Å². The highest BCUT2D eigenvalue weighted by Gasteiger charge is 2.32. The summed E-state index contributed by atoms with van der Waals surface area (Å²) >= 11 is 0. The molecule has 6 unspecified atom stereocenters. The first-order valence-electron chi connectivity index (χ1n) is 58.7. The van der Waals surface area contributed by atoms with Crippen molar-refractivity contribution in [2.24, 2.45) is 46.3 Å². The lowest BCUT2D eigenvalue weighted by Gasteiger charge is -2.34. The van der Waals surface area contributed by atoms with Crippen LogP contribution in [0.2, 0.25) is 38.3 Å². The van der Waals surface area contributed by atoms with Crippen LogP contribution in [-0.2, 0) is 13.6 Å². The van der Waals surface area contributed by atoms with E-state index < -0.39 is 16.6 Å². The quantitative estimate of drug-likeness (QED) is 0.0220. The van der Waals surface area contributed by atoms with E-state index in [4.69, 9.17) is 13.6 Å². The largest absolute Gasteiger partial charge is 0.455 e. The minimum Gasteiger partial charge on any atom is -0.455 e. The average molecular weight is 1960 g/mol. The third kappa shape index (κ3) is 122. The van der Waals surface area contributed by atoms with Crippen LogP contribution in [0.5, 0.6) is 0 Å². The fourth-order valence-electron chi connectivity index (χ4n) is 15.7. The molecule has 0 amide bonds. The van der Waals surface area contributed by atoms with Crippen molar-refractivity contribution in [2.45, 2.75) is 589 Å². The van der Waals surface area contributed by atoms with Crippen LogP contribution in [0.1, 0.15) is 552 Å². The summed E-state index contributed by atoms with van der Waals surface area (Å²) in [6.45, 7) is 93.5. The van der Waals surface area contributed by atoms with Crippen LogP contribution in [0, 0.1) is 114 Å². The predicted molar refractivity (Wildman–Crippen MR) is 638 cm³/mol. The van der Waals surface area contributed by atoms with Crippen molar-refractivity contribution in [3.05, 3.63) is 160 Å². The molecule has 0 aliphatic carbocycles. The molecule has 0 fully saturated rings. The molecular formula is C130H249N3O3Si2. The zero-order valence-electron chi connectivity index (χ0n) is 101. The zero-order chi connectivity index (χ0) is 106. The van der Waals surface area contributed by atoms with E-state index in [0.29, 0.717) is 10.8 Å². The van der Waals surface area contributed by atoms with Crippen molar-refractivity contribution in [1.82, 2.24) is 15.0 Å². The molecule has 810 valence electrons. The van der Waals surface area contributed by atoms with Gasteiger partial charge in [0.1, 0.15) is 0 Å². The minimum atomic E-state index is -1.35. The summed E-state index contributed by atoms with van der Waals surface area (Å²) in [6.07, 6.45) is 70.2. The molecule has 0 spiro atoms. The SMILES string of the molecule is CCC.CCCC(C)(C)CCC.CCCC(C)CCC(C)CC.CCCCC(C)CCC(C)CC.CCCCCC(C)(C)CCCC.CCCCCCC(C)CCC.CCCCCCC(C)CCCCC.CCCCOCCOCCCC.CCCC[Si](C)(C)O[Si](C)(C)CCCC.Cc1ccc(C#Cc2ccc(C)cc2)cc1.Cc1cccc(C)n1.Cc1ccnc(C)c1.Cc1cncc(C)c1. The summed E-state index contributed by atoms with van der Waals surface area (Å²) in [5.41, 5.74) is 12.8. The third-order valence-electron chi connectivity index (χ3n) is 25.3. The van der Waals surface area contributed by atoms with E-state index in [9.17, 15) is 0 Å². The molecule has 5 rings (SSSR count). The molecule has 0 saturated carbocycles. The van der Waals surface area contributed by atoms with Crippen molar-refractivity contribution in [3.8, 4) is 11.8 Å². The monoisotopic (exact) mass is 1960 g/mol. The first kappa shape index (κ1) is 149. The standard InChI is InChI=1S/C16H14.C13H28.C12H30OSi2.2C12H26.2C11H24.C10H22O2.C9H20.3C7H9N.C3H8/c1-13-3-7-15(8-4-13)11-12-16-9-5-14(2)6-10-16;1-4-6-8-10-12-13(3)11-9-7-5-2;1-7-9-11-14(3,4)13-15(5,6)12-10-8-2;1-5-7-8-12(4)10-9-11(3)6-2;1-5-7-9-11-12(3,4)10-8-6-2;1-5-7-11(4)9-8-10(3)6-2;1-4-6-7-8-10-11(3)9-5-2;1-3-5-7-11-9-10-12-8-6-4-2;1-5-7-9(3,4)8-6-2;1-6-3-7(2)5-8-4-6;1-6-3-4-8-7(2)5-6;1-6-4-3-5-7(2)8-6;1-3-2/h3-10H,1-2H3;13H,4-12H2,1-3H3;7-12H2,1-6H3;11-12H,5-10H2,1-4H3;5-11H2,1-4H3;10-11H,5-9H2,1-4H3;11H,4-10H2,1-3H3;3-10H2,1-2H3;5-8H2,1-4H3;3*3-5H,1-2H3;3H2,1-2H3. The molecule has 5 aromatic rings. The molecule has 0 aliphatic heterocycles. The summed E-state index contributed by atoms with van der Waals surface area (Å²) in [7, 11) is -2.70. The molecule has 0 saturated heterocycles. The van der Waals surface area contributed by atoms with E-state index in [0.717, 1.165) is 103 Å². The highest BCUT2D eigenvalue weighted by Crippen LogP contribution is 2.31. The zero-order valence-corrected chi connectivity index (χ0v) is 103. The van der Waals surface area contributed by atoms with E-state index >= 15 is 0 Å². The molecule has 0 aliphatic rings. The van der Waals surface area contributed by atoms with Gasteiger partial charge < -0.3 is 13.6 Å². The van der Waals surface area contributed by atoms with Gasteiger partial charge in [0.05, 0.1) is 13.2 Å². The normalized spacial score (nSPS) is 12.0. The van der Waals surface area contributed by atoms with Crippen LogP contribution >= 0.6 is 0 Å². The molecule has 6 atom stereocenters. The molecule has 3 aromatic heterocycles. The number of aryl methyl sites for hydroxylation is 8. The molecule has 0 N–H and O–H groups in total. The molecule has 2 aromatic carbocycles. The Morgan fingerprint density at radius 3 is 0.935 bits per heavy atom. The molecule has 0 radical (unpaired) electrons. The molecule has 6 nitrogen and oxygen atoms in total. The Balaban J connectivity index is -0.000000223. The highest BCUT2D eigenvalue weighted by atomic mass is 28.4. The van der Waals surface area contributed by atoms with Crippen molar-refractivity contribution in [3.63, 3.8) is 0 Å². The number of unbranched alkanes of at least 4 members (excludes halogenated alkanes) is 16. The van der Waals surface area contributed by atoms with Crippen LogP contribution in [0.4, 0.5) is 0 Å². The van der Waals surface area contributed by atoms with Gasteiger partial charge in [0, 0.05) is 60.0 Å². The third-order valence-corrected chi connectivity index (χ3v) is 32.8. The lowest BCUT2D eigenvalue weighted by atomic mass is 9.82. The Hall–Kier alpha value is -4.24. The van der Waals surface area contributed by atoms with Crippen LogP contribution in [0.3, 0.4) is 0 Å². The van der Waals surface area contributed by atoms with Gasteiger partial charge in [-0.3, -0.25) is 15.0 Å².